The Morgan fingerprint density at radius 2 is 1.81 bits per heavy atom. The van der Waals surface area contributed by atoms with Crippen LogP contribution in [0, 0.1) is 34.5 Å². The van der Waals surface area contributed by atoms with Crippen LogP contribution in [0.1, 0.15) is 72.6 Å². The van der Waals surface area contributed by atoms with Crippen LogP contribution in [-0.4, -0.2) is 29.1 Å². The van der Waals surface area contributed by atoms with Crippen molar-refractivity contribution in [3.63, 3.8) is 0 Å². The summed E-state index contributed by atoms with van der Waals surface area (Å²) in [5.74, 6) is 1.10. The van der Waals surface area contributed by atoms with Crippen LogP contribution in [0.5, 0.6) is 0 Å². The van der Waals surface area contributed by atoms with Gasteiger partial charge in [-0.2, -0.15) is 0 Å². The van der Waals surface area contributed by atoms with Crippen molar-refractivity contribution in [2.75, 3.05) is 0 Å². The summed E-state index contributed by atoms with van der Waals surface area (Å²) >= 11 is 0. The number of rotatable bonds is 2. The Morgan fingerprint density at radius 1 is 1.15 bits per heavy atom. The van der Waals surface area contributed by atoms with E-state index in [1.807, 2.05) is 13.8 Å². The van der Waals surface area contributed by atoms with Gasteiger partial charge in [-0.15, -0.1) is 0 Å². The molecule has 0 aromatic heterocycles. The van der Waals surface area contributed by atoms with Gasteiger partial charge in [0.25, 0.3) is 0 Å². The molecule has 3 fully saturated rings. The third-order valence-corrected chi connectivity index (χ3v) is 8.55. The van der Waals surface area contributed by atoms with E-state index >= 15 is 0 Å². The lowest BCUT2D eigenvalue weighted by atomic mass is 9.47. The fourth-order valence-electron chi connectivity index (χ4n) is 6.79. The van der Waals surface area contributed by atoms with E-state index in [1.54, 1.807) is 0 Å². The van der Waals surface area contributed by atoms with Crippen LogP contribution in [0.25, 0.3) is 0 Å². The van der Waals surface area contributed by atoms with E-state index in [2.05, 4.69) is 19.9 Å². The Bertz CT molecular complexity index is 680. The van der Waals surface area contributed by atoms with Crippen LogP contribution in [0.15, 0.2) is 11.6 Å². The average Bonchev–Trinajstić information content (AvgIpc) is 2.91. The number of carbonyl (C=O) groups excluding carboxylic acids is 2. The first-order valence-electron chi connectivity index (χ1n) is 10.8. The van der Waals surface area contributed by atoms with Crippen molar-refractivity contribution in [3.05, 3.63) is 11.6 Å². The molecule has 3 unspecified atom stereocenters. The fourth-order valence-corrected chi connectivity index (χ4v) is 6.79. The summed E-state index contributed by atoms with van der Waals surface area (Å²) in [6.07, 6.45) is 7.74. The Kier molecular flexibility index (Phi) is 4.57. The molecule has 0 amide bonds. The molecule has 4 rings (SSSR count). The van der Waals surface area contributed by atoms with Crippen molar-refractivity contribution >= 4 is 11.8 Å². The number of ether oxygens (including phenoxy) is 1. The Hall–Kier alpha value is -1.16. The van der Waals surface area contributed by atoms with Gasteiger partial charge in [-0.25, -0.2) is 0 Å². The lowest BCUT2D eigenvalue weighted by Crippen LogP contribution is -2.54. The van der Waals surface area contributed by atoms with Crippen molar-refractivity contribution in [1.29, 1.82) is 0 Å². The second-order valence-corrected chi connectivity index (χ2v) is 10.3. The second kappa shape index (κ2) is 6.43. The summed E-state index contributed by atoms with van der Waals surface area (Å²) < 4.78 is 5.71. The standard InChI is InChI=1S/C23H34O4/c1-13(2)21(26)27-15-7-9-22(3)14(11-15)12-18(24)20-16-5-6-19(25)23(16,4)10-8-17(20)22/h12-13,15-18,20,24H,5-11H2,1-4H3/t15-,16?,17?,18+,20?,22-,23-/m0/s1. The first kappa shape index (κ1) is 19.2. The number of hydrogen-bond donors (Lipinski definition) is 1. The smallest absolute Gasteiger partial charge is 0.308 e. The van der Waals surface area contributed by atoms with Crippen molar-refractivity contribution in [2.24, 2.45) is 34.5 Å². The van der Waals surface area contributed by atoms with Gasteiger partial charge in [0.05, 0.1) is 12.0 Å². The third kappa shape index (κ3) is 2.82. The highest BCUT2D eigenvalue weighted by atomic mass is 16.5. The summed E-state index contributed by atoms with van der Waals surface area (Å²) in [6.45, 7) is 8.22. The van der Waals surface area contributed by atoms with E-state index in [9.17, 15) is 14.7 Å². The molecule has 4 aliphatic rings. The number of aliphatic hydroxyl groups excluding tert-OH is 1. The first-order chi connectivity index (χ1) is 12.7. The molecule has 4 aliphatic carbocycles. The van der Waals surface area contributed by atoms with Gasteiger partial charge in [0.2, 0.25) is 0 Å². The zero-order valence-corrected chi connectivity index (χ0v) is 17.2. The van der Waals surface area contributed by atoms with E-state index in [0.717, 1.165) is 38.5 Å². The van der Waals surface area contributed by atoms with E-state index < -0.39 is 6.10 Å². The molecule has 3 saturated carbocycles. The summed E-state index contributed by atoms with van der Waals surface area (Å²) in [6, 6.07) is 0. The largest absolute Gasteiger partial charge is 0.462 e. The van der Waals surface area contributed by atoms with E-state index in [-0.39, 0.29) is 34.7 Å². The van der Waals surface area contributed by atoms with E-state index in [0.29, 0.717) is 24.0 Å². The zero-order chi connectivity index (χ0) is 19.6. The van der Waals surface area contributed by atoms with E-state index in [1.165, 1.54) is 5.57 Å². The van der Waals surface area contributed by atoms with Crippen molar-refractivity contribution in [3.8, 4) is 0 Å². The summed E-state index contributed by atoms with van der Waals surface area (Å²) in [5.41, 5.74) is 1.11. The maximum Gasteiger partial charge on any atom is 0.308 e. The minimum atomic E-state index is -0.479. The first-order valence-corrected chi connectivity index (χ1v) is 10.8. The number of fused-ring (bicyclic) bond motifs is 5. The molecule has 0 aliphatic heterocycles. The second-order valence-electron chi connectivity index (χ2n) is 10.3. The van der Waals surface area contributed by atoms with Gasteiger partial charge >= 0.3 is 5.97 Å². The predicted octanol–water partition coefficient (Wildman–Crippen LogP) is 4.06. The molecule has 27 heavy (non-hydrogen) atoms. The van der Waals surface area contributed by atoms with Gasteiger partial charge in [-0.1, -0.05) is 39.3 Å². The highest BCUT2D eigenvalue weighted by Crippen LogP contribution is 2.64. The van der Waals surface area contributed by atoms with Crippen LogP contribution < -0.4 is 0 Å². The van der Waals surface area contributed by atoms with Crippen LogP contribution >= 0.6 is 0 Å². The Balaban J connectivity index is 1.59. The zero-order valence-electron chi connectivity index (χ0n) is 17.2. The summed E-state index contributed by atoms with van der Waals surface area (Å²) in [5, 5.41) is 11.1. The van der Waals surface area contributed by atoms with Crippen molar-refractivity contribution in [1.82, 2.24) is 0 Å². The number of esters is 1. The molecule has 4 heteroatoms. The molecule has 0 bridgehead atoms. The molecule has 0 radical (unpaired) electrons. The fraction of sp³-hybridized carbons (Fsp3) is 0.826. The number of aliphatic hydroxyl groups is 1. The highest BCUT2D eigenvalue weighted by Gasteiger charge is 2.60. The van der Waals surface area contributed by atoms with Gasteiger partial charge in [0.1, 0.15) is 11.9 Å². The Morgan fingerprint density at radius 3 is 2.52 bits per heavy atom. The quantitative estimate of drug-likeness (QED) is 0.585. The number of ketones is 1. The predicted molar refractivity (Wildman–Crippen MR) is 103 cm³/mol. The van der Waals surface area contributed by atoms with Crippen LogP contribution in [0.4, 0.5) is 0 Å². The minimum absolute atomic E-state index is 0.0649. The Labute approximate surface area is 162 Å². The maximum absolute atomic E-state index is 12.5. The lowest BCUT2D eigenvalue weighted by Gasteiger charge is -2.58. The van der Waals surface area contributed by atoms with Crippen LogP contribution in [0.2, 0.25) is 0 Å². The molecule has 4 nitrogen and oxygen atoms in total. The molecule has 1 N–H and O–H groups in total. The number of Topliss-reactive ketones (excluding diaryl/α,β-unsaturated/α-hetero) is 1. The maximum atomic E-state index is 12.5. The van der Waals surface area contributed by atoms with E-state index in [4.69, 9.17) is 4.74 Å². The summed E-state index contributed by atoms with van der Waals surface area (Å²) in [4.78, 5) is 24.5. The molecular formula is C23H34O4. The minimum Gasteiger partial charge on any atom is -0.462 e. The van der Waals surface area contributed by atoms with Gasteiger partial charge in [-0.05, 0) is 55.3 Å². The molecule has 150 valence electrons. The molecule has 0 heterocycles. The van der Waals surface area contributed by atoms with Gasteiger partial charge < -0.3 is 9.84 Å². The molecule has 0 aromatic rings. The summed E-state index contributed by atoms with van der Waals surface area (Å²) in [7, 11) is 0. The van der Waals surface area contributed by atoms with Gasteiger partial charge in [-0.3, -0.25) is 9.59 Å². The van der Waals surface area contributed by atoms with Crippen LogP contribution in [-0.2, 0) is 14.3 Å². The molecule has 0 saturated heterocycles. The monoisotopic (exact) mass is 374 g/mol. The van der Waals surface area contributed by atoms with Gasteiger partial charge in [0.15, 0.2) is 0 Å². The SMILES string of the molecule is CC(C)C(=O)O[C@H]1CC[C@@]2(C)C(=C[C@@H](O)C3C2CC[C@]2(C)C(=O)CCC32)C1. The van der Waals surface area contributed by atoms with Gasteiger partial charge in [0, 0.05) is 18.3 Å². The van der Waals surface area contributed by atoms with Crippen LogP contribution in [0.3, 0.4) is 0 Å². The van der Waals surface area contributed by atoms with Crippen molar-refractivity contribution in [2.45, 2.75) is 84.8 Å². The normalized spacial score (nSPS) is 46.4. The molecular weight excluding hydrogens is 340 g/mol. The molecule has 0 aromatic carbocycles. The number of hydrogen-bond acceptors (Lipinski definition) is 4. The number of carbonyl (C=O) groups is 2. The lowest BCUT2D eigenvalue weighted by molar-refractivity contribution is -0.155. The average molecular weight is 375 g/mol. The topological polar surface area (TPSA) is 63.6 Å². The molecule has 7 atom stereocenters. The highest BCUT2D eigenvalue weighted by molar-refractivity contribution is 5.87. The van der Waals surface area contributed by atoms with Crippen molar-refractivity contribution < 1.29 is 19.4 Å². The third-order valence-electron chi connectivity index (χ3n) is 8.55. The molecule has 0 spiro atoms.